The number of carboxylic acids is 2. The summed E-state index contributed by atoms with van der Waals surface area (Å²) in [5, 5.41) is 15.8. The van der Waals surface area contributed by atoms with Gasteiger partial charge >= 0.3 is 11.9 Å². The number of rotatable bonds is 5. The summed E-state index contributed by atoms with van der Waals surface area (Å²) < 4.78 is 24.7. The molecule has 0 amide bonds. The molecular formula is C16H28O6S. The molecule has 23 heavy (non-hydrogen) atoms. The van der Waals surface area contributed by atoms with Crippen molar-refractivity contribution in [3.05, 3.63) is 0 Å². The maximum atomic E-state index is 12.3. The van der Waals surface area contributed by atoms with Crippen molar-refractivity contribution in [1.29, 1.82) is 0 Å². The van der Waals surface area contributed by atoms with Crippen LogP contribution < -0.4 is 0 Å². The average Bonchev–Trinajstić information content (AvgIpc) is 2.55. The zero-order valence-electron chi connectivity index (χ0n) is 13.6. The third kappa shape index (κ3) is 7.33. The molecule has 134 valence electrons. The Kier molecular flexibility index (Phi) is 8.58. The van der Waals surface area contributed by atoms with Gasteiger partial charge in [-0.1, -0.05) is 38.5 Å². The molecule has 0 unspecified atom stereocenters. The minimum Gasteiger partial charge on any atom is -0.481 e. The Morgan fingerprint density at radius 2 is 1.00 bits per heavy atom. The summed E-state index contributed by atoms with van der Waals surface area (Å²) in [6.45, 7) is 0. The molecule has 0 saturated heterocycles. The van der Waals surface area contributed by atoms with Crippen molar-refractivity contribution in [2.75, 3.05) is 0 Å². The fraction of sp³-hybridized carbons (Fsp3) is 0.875. The molecule has 2 aliphatic rings. The summed E-state index contributed by atoms with van der Waals surface area (Å²) >= 11 is 0. The van der Waals surface area contributed by atoms with E-state index in [2.05, 4.69) is 0 Å². The van der Waals surface area contributed by atoms with Crippen LogP contribution in [0.4, 0.5) is 0 Å². The van der Waals surface area contributed by atoms with Gasteiger partial charge in [0, 0.05) is 0 Å². The summed E-state index contributed by atoms with van der Waals surface area (Å²) in [6, 6.07) is 0. The molecule has 0 radical (unpaired) electrons. The van der Waals surface area contributed by atoms with E-state index < -0.39 is 21.8 Å². The van der Waals surface area contributed by atoms with Crippen molar-refractivity contribution in [3.8, 4) is 0 Å². The molecule has 7 heteroatoms. The van der Waals surface area contributed by atoms with Gasteiger partial charge < -0.3 is 10.2 Å². The van der Waals surface area contributed by atoms with E-state index in [0.29, 0.717) is 0 Å². The minimum atomic E-state index is -2.79. The zero-order valence-corrected chi connectivity index (χ0v) is 14.4. The van der Waals surface area contributed by atoms with Gasteiger partial charge in [-0.05, 0) is 25.7 Å². The molecule has 2 fully saturated rings. The van der Waals surface area contributed by atoms with Gasteiger partial charge in [-0.15, -0.1) is 0 Å². The maximum absolute atomic E-state index is 12.3. The molecule has 0 atom stereocenters. The fourth-order valence-electron chi connectivity index (χ4n) is 3.27. The van der Waals surface area contributed by atoms with E-state index in [0.717, 1.165) is 51.4 Å². The van der Waals surface area contributed by atoms with Crippen molar-refractivity contribution in [1.82, 2.24) is 0 Å². The molecule has 0 bridgehead atoms. The van der Waals surface area contributed by atoms with E-state index >= 15 is 0 Å². The second-order valence-electron chi connectivity index (χ2n) is 6.40. The quantitative estimate of drug-likeness (QED) is 0.790. The standard InChI is InChI=1S/C12H22O2S.C4H6O4/c13-15(14,11-7-3-1-4-8-11)12-9-5-2-6-10-12;5-3(6)1-2-4(7)8/h11-12H,1-10H2;1-2H2,(H,5,6)(H,7,8). The third-order valence-electron chi connectivity index (χ3n) is 4.59. The molecule has 0 heterocycles. The van der Waals surface area contributed by atoms with Gasteiger partial charge in [0.05, 0.1) is 23.3 Å². The van der Waals surface area contributed by atoms with E-state index in [-0.39, 0.29) is 23.3 Å². The fourth-order valence-corrected chi connectivity index (χ4v) is 5.80. The largest absolute Gasteiger partial charge is 0.481 e. The van der Waals surface area contributed by atoms with Crippen LogP contribution in [0.15, 0.2) is 0 Å². The molecule has 2 rings (SSSR count). The van der Waals surface area contributed by atoms with E-state index in [9.17, 15) is 18.0 Å². The van der Waals surface area contributed by atoms with Gasteiger partial charge in [-0.3, -0.25) is 9.59 Å². The summed E-state index contributed by atoms with van der Waals surface area (Å²) in [5.41, 5.74) is 0. The van der Waals surface area contributed by atoms with Crippen LogP contribution in [-0.4, -0.2) is 41.1 Å². The van der Waals surface area contributed by atoms with Crippen LogP contribution in [0.1, 0.15) is 77.0 Å². The second kappa shape index (κ2) is 9.90. The van der Waals surface area contributed by atoms with Gasteiger partial charge in [-0.2, -0.15) is 0 Å². The highest BCUT2D eigenvalue weighted by molar-refractivity contribution is 7.92. The summed E-state index contributed by atoms with van der Waals surface area (Å²) in [7, 11) is -2.79. The Labute approximate surface area is 138 Å². The van der Waals surface area contributed by atoms with Gasteiger partial charge in [0.15, 0.2) is 9.84 Å². The van der Waals surface area contributed by atoms with Crippen LogP contribution in [0.25, 0.3) is 0 Å². The van der Waals surface area contributed by atoms with Crippen molar-refractivity contribution < 1.29 is 28.2 Å². The van der Waals surface area contributed by atoms with Gasteiger partial charge in [0.2, 0.25) is 0 Å². The molecule has 0 aromatic heterocycles. The lowest BCUT2D eigenvalue weighted by atomic mass is 10.00. The molecule has 2 saturated carbocycles. The minimum absolute atomic E-state index is 0.00866. The first-order valence-electron chi connectivity index (χ1n) is 8.50. The average molecular weight is 348 g/mol. The number of carbonyl (C=O) groups is 2. The van der Waals surface area contributed by atoms with Crippen LogP contribution in [-0.2, 0) is 19.4 Å². The molecule has 0 aliphatic heterocycles. The van der Waals surface area contributed by atoms with Crippen LogP contribution in [0.3, 0.4) is 0 Å². The molecular weight excluding hydrogens is 320 g/mol. The van der Waals surface area contributed by atoms with E-state index in [1.807, 2.05) is 0 Å². The molecule has 0 aromatic rings. The zero-order chi connectivity index (χ0) is 17.3. The van der Waals surface area contributed by atoms with Crippen LogP contribution in [0.5, 0.6) is 0 Å². The van der Waals surface area contributed by atoms with Gasteiger partial charge in [-0.25, -0.2) is 8.42 Å². The smallest absolute Gasteiger partial charge is 0.303 e. The highest BCUT2D eigenvalue weighted by Crippen LogP contribution is 2.32. The highest BCUT2D eigenvalue weighted by Gasteiger charge is 2.35. The number of hydrogen-bond donors (Lipinski definition) is 2. The summed E-state index contributed by atoms with van der Waals surface area (Å²) in [6.07, 6.45) is 10.1. The van der Waals surface area contributed by atoms with Gasteiger partial charge in [0.1, 0.15) is 0 Å². The Bertz CT molecular complexity index is 435. The first kappa shape index (κ1) is 19.9. The van der Waals surface area contributed by atoms with E-state index in [4.69, 9.17) is 10.2 Å². The lowest BCUT2D eigenvalue weighted by molar-refractivity contribution is -0.143. The molecule has 6 nitrogen and oxygen atoms in total. The Balaban J connectivity index is 0.000000284. The van der Waals surface area contributed by atoms with Gasteiger partial charge in [0.25, 0.3) is 0 Å². The lowest BCUT2D eigenvalue weighted by Crippen LogP contribution is -2.34. The molecule has 2 N–H and O–H groups in total. The Morgan fingerprint density at radius 1 is 0.696 bits per heavy atom. The SMILES string of the molecule is O=C(O)CCC(=O)O.O=S(=O)(C1CCCCC1)C1CCCCC1. The highest BCUT2D eigenvalue weighted by atomic mass is 32.2. The Morgan fingerprint density at radius 3 is 1.26 bits per heavy atom. The van der Waals surface area contributed by atoms with Crippen molar-refractivity contribution in [2.45, 2.75) is 87.5 Å². The molecule has 0 aromatic carbocycles. The van der Waals surface area contributed by atoms with Crippen molar-refractivity contribution in [3.63, 3.8) is 0 Å². The summed E-state index contributed by atoms with van der Waals surface area (Å²) in [4.78, 5) is 19.3. The number of hydrogen-bond acceptors (Lipinski definition) is 4. The number of sulfone groups is 1. The van der Waals surface area contributed by atoms with Crippen molar-refractivity contribution in [2.24, 2.45) is 0 Å². The molecule has 0 spiro atoms. The predicted molar refractivity (Wildman–Crippen MR) is 87.2 cm³/mol. The van der Waals surface area contributed by atoms with Crippen LogP contribution >= 0.6 is 0 Å². The topological polar surface area (TPSA) is 109 Å². The van der Waals surface area contributed by atoms with Crippen LogP contribution in [0.2, 0.25) is 0 Å². The predicted octanol–water partition coefficient (Wildman–Crippen LogP) is 3.00. The van der Waals surface area contributed by atoms with Crippen LogP contribution in [0, 0.1) is 0 Å². The summed E-state index contributed by atoms with van der Waals surface area (Å²) in [5.74, 6) is -2.15. The third-order valence-corrected chi connectivity index (χ3v) is 7.39. The number of aliphatic carboxylic acids is 2. The van der Waals surface area contributed by atoms with E-state index in [1.54, 1.807) is 0 Å². The monoisotopic (exact) mass is 348 g/mol. The number of carboxylic acid groups (broad SMARTS) is 2. The van der Waals surface area contributed by atoms with Crippen molar-refractivity contribution >= 4 is 21.8 Å². The maximum Gasteiger partial charge on any atom is 0.303 e. The lowest BCUT2D eigenvalue weighted by Gasteiger charge is -2.29. The first-order valence-corrected chi connectivity index (χ1v) is 10.1. The Hall–Kier alpha value is -1.11. The van der Waals surface area contributed by atoms with E-state index in [1.165, 1.54) is 12.8 Å². The first-order chi connectivity index (χ1) is 10.8. The second-order valence-corrected chi connectivity index (χ2v) is 8.91. The molecule has 2 aliphatic carbocycles. The normalized spacial score (nSPS) is 20.3.